The highest BCUT2D eigenvalue weighted by Gasteiger charge is 2.32. The summed E-state index contributed by atoms with van der Waals surface area (Å²) in [7, 11) is 0. The zero-order valence-corrected chi connectivity index (χ0v) is 23.4. The van der Waals surface area contributed by atoms with Crippen LogP contribution in [0.5, 0.6) is 0 Å². The minimum absolute atomic E-state index is 0.00333. The largest absolute Gasteiger partial charge is 0.352 e. The molecule has 0 spiro atoms. The Kier molecular flexibility index (Phi) is 10.5. The molecule has 0 aliphatic heterocycles. The van der Waals surface area contributed by atoms with Crippen molar-refractivity contribution in [2.24, 2.45) is 0 Å². The van der Waals surface area contributed by atoms with E-state index < -0.39 is 11.9 Å². The van der Waals surface area contributed by atoms with Crippen molar-refractivity contribution in [2.75, 3.05) is 5.75 Å². The highest BCUT2D eigenvalue weighted by molar-refractivity contribution is 7.99. The number of amides is 2. The van der Waals surface area contributed by atoms with Crippen LogP contribution in [0.4, 0.5) is 4.39 Å². The normalized spacial score (nSPS) is 14.3. The van der Waals surface area contributed by atoms with Gasteiger partial charge in [-0.25, -0.2) is 4.39 Å². The number of carbonyl (C=O) groups is 2. The van der Waals surface area contributed by atoms with Gasteiger partial charge in [0.25, 0.3) is 0 Å². The lowest BCUT2D eigenvalue weighted by atomic mass is 10.0. The van der Waals surface area contributed by atoms with Crippen LogP contribution in [-0.2, 0) is 28.3 Å². The van der Waals surface area contributed by atoms with Gasteiger partial charge in [0.1, 0.15) is 11.9 Å². The fourth-order valence-electron chi connectivity index (χ4n) is 4.70. The predicted octanol–water partition coefficient (Wildman–Crippen LogP) is 7.06. The van der Waals surface area contributed by atoms with E-state index in [9.17, 15) is 14.0 Å². The summed E-state index contributed by atoms with van der Waals surface area (Å²) in [4.78, 5) is 28.9. The van der Waals surface area contributed by atoms with Crippen LogP contribution >= 0.6 is 35.0 Å². The van der Waals surface area contributed by atoms with Crippen molar-refractivity contribution in [1.29, 1.82) is 0 Å². The summed E-state index contributed by atoms with van der Waals surface area (Å²) in [6.07, 6.45) is 4.37. The molecule has 4 rings (SSSR count). The van der Waals surface area contributed by atoms with Crippen molar-refractivity contribution < 1.29 is 14.0 Å². The minimum atomic E-state index is -0.773. The summed E-state index contributed by atoms with van der Waals surface area (Å²) in [5.41, 5.74) is 2.18. The number of nitrogens with zero attached hydrogens (tertiary/aromatic N) is 1. The van der Waals surface area contributed by atoms with Crippen molar-refractivity contribution in [3.63, 3.8) is 0 Å². The smallest absolute Gasteiger partial charge is 0.243 e. The number of carbonyl (C=O) groups excluding carboxylic acids is 2. The zero-order valence-electron chi connectivity index (χ0n) is 21.0. The topological polar surface area (TPSA) is 49.4 Å². The van der Waals surface area contributed by atoms with Crippen LogP contribution in [0, 0.1) is 5.82 Å². The molecule has 0 radical (unpaired) electrons. The zero-order chi connectivity index (χ0) is 26.9. The number of nitrogens with one attached hydrogen (secondary N) is 1. The summed E-state index contributed by atoms with van der Waals surface area (Å²) in [6.45, 7) is 0.00333. The van der Waals surface area contributed by atoms with Gasteiger partial charge in [0.2, 0.25) is 11.8 Å². The number of rotatable bonds is 11. The van der Waals surface area contributed by atoms with Crippen LogP contribution in [0.25, 0.3) is 0 Å². The van der Waals surface area contributed by atoms with Crippen LogP contribution in [-0.4, -0.2) is 34.6 Å². The molecule has 1 saturated carbocycles. The Balaban J connectivity index is 1.57. The van der Waals surface area contributed by atoms with Gasteiger partial charge in [0.15, 0.2) is 0 Å². The molecule has 1 atom stereocenters. The van der Waals surface area contributed by atoms with Crippen molar-refractivity contribution in [3.05, 3.63) is 105 Å². The SMILES string of the molecule is O=C(NC1CCCC1)[C@@H](Cc1ccccc1)N(Cc1ccccc1F)C(=O)CSCc1ccc(Cl)cc1Cl. The average molecular weight is 574 g/mol. The molecule has 38 heavy (non-hydrogen) atoms. The summed E-state index contributed by atoms with van der Waals surface area (Å²) in [6, 6.07) is 20.6. The van der Waals surface area contributed by atoms with Gasteiger partial charge in [-0.15, -0.1) is 11.8 Å². The molecular formula is C30H31Cl2FN2O2S. The molecule has 200 valence electrons. The van der Waals surface area contributed by atoms with Gasteiger partial charge in [-0.3, -0.25) is 9.59 Å². The van der Waals surface area contributed by atoms with Crippen molar-refractivity contribution in [3.8, 4) is 0 Å². The van der Waals surface area contributed by atoms with E-state index in [1.165, 1.54) is 22.7 Å². The first-order valence-electron chi connectivity index (χ1n) is 12.8. The highest BCUT2D eigenvalue weighted by Crippen LogP contribution is 2.26. The fraction of sp³-hybridized carbons (Fsp3) is 0.333. The number of hydrogen-bond acceptors (Lipinski definition) is 3. The first kappa shape index (κ1) is 28.5. The molecule has 2 amide bonds. The molecule has 1 aliphatic carbocycles. The predicted molar refractivity (Wildman–Crippen MR) is 154 cm³/mol. The minimum Gasteiger partial charge on any atom is -0.352 e. The van der Waals surface area contributed by atoms with Crippen molar-refractivity contribution >= 4 is 46.8 Å². The second-order valence-electron chi connectivity index (χ2n) is 9.54. The number of hydrogen-bond donors (Lipinski definition) is 1. The van der Waals surface area contributed by atoms with E-state index >= 15 is 0 Å². The van der Waals surface area contributed by atoms with Crippen LogP contribution in [0.15, 0.2) is 72.8 Å². The molecule has 8 heteroatoms. The Bertz CT molecular complexity index is 1240. The van der Waals surface area contributed by atoms with E-state index in [1.807, 2.05) is 36.4 Å². The Morgan fingerprint density at radius 1 is 0.974 bits per heavy atom. The summed E-state index contributed by atoms with van der Waals surface area (Å²) in [5.74, 6) is -0.204. The van der Waals surface area contributed by atoms with Gasteiger partial charge in [-0.2, -0.15) is 0 Å². The van der Waals surface area contributed by atoms with Crippen LogP contribution in [0.2, 0.25) is 10.0 Å². The maximum absolute atomic E-state index is 14.7. The third-order valence-corrected chi connectivity index (χ3v) is 8.32. The number of thioether (sulfide) groups is 1. The van der Waals surface area contributed by atoms with Crippen molar-refractivity contribution in [2.45, 2.75) is 56.5 Å². The van der Waals surface area contributed by atoms with Gasteiger partial charge in [0.05, 0.1) is 5.75 Å². The molecule has 1 aliphatic rings. The third-order valence-electron chi connectivity index (χ3n) is 6.77. The van der Waals surface area contributed by atoms with Crippen LogP contribution < -0.4 is 5.32 Å². The van der Waals surface area contributed by atoms with Gasteiger partial charge in [-0.05, 0) is 42.2 Å². The van der Waals surface area contributed by atoms with Gasteiger partial charge >= 0.3 is 0 Å². The lowest BCUT2D eigenvalue weighted by Crippen LogP contribution is -2.52. The third kappa shape index (κ3) is 7.98. The van der Waals surface area contributed by atoms with Gasteiger partial charge < -0.3 is 10.2 Å². The molecule has 0 heterocycles. The lowest BCUT2D eigenvalue weighted by Gasteiger charge is -2.32. The summed E-state index contributed by atoms with van der Waals surface area (Å²) >= 11 is 13.7. The fourth-order valence-corrected chi connectivity index (χ4v) is 6.17. The van der Waals surface area contributed by atoms with E-state index in [4.69, 9.17) is 23.2 Å². The molecule has 0 saturated heterocycles. The molecule has 0 aromatic heterocycles. The van der Waals surface area contributed by atoms with Crippen molar-refractivity contribution in [1.82, 2.24) is 10.2 Å². The van der Waals surface area contributed by atoms with E-state index in [1.54, 1.807) is 30.3 Å². The van der Waals surface area contributed by atoms with E-state index in [0.29, 0.717) is 27.8 Å². The quantitative estimate of drug-likeness (QED) is 0.267. The summed E-state index contributed by atoms with van der Waals surface area (Å²) < 4.78 is 14.7. The second kappa shape index (κ2) is 14.0. The molecule has 3 aromatic rings. The molecule has 4 nitrogen and oxygen atoms in total. The van der Waals surface area contributed by atoms with Crippen LogP contribution in [0.1, 0.15) is 42.4 Å². The standard InChI is InChI=1S/C30H31Cl2FN2O2S/c31-24-15-14-23(26(32)17-24)19-38-20-29(36)35(18-22-10-4-7-13-27(22)33)28(16-21-8-2-1-3-9-21)30(37)34-25-11-5-6-12-25/h1-4,7-10,13-15,17,25,28H,5-6,11-12,16,18-20H2,(H,34,37)/t28-/m1/s1. The monoisotopic (exact) mass is 572 g/mol. The Hall–Kier alpha value is -2.54. The number of benzene rings is 3. The average Bonchev–Trinajstić information content (AvgIpc) is 3.42. The Morgan fingerprint density at radius 3 is 2.39 bits per heavy atom. The molecule has 1 fully saturated rings. The number of halogens is 3. The lowest BCUT2D eigenvalue weighted by molar-refractivity contribution is -0.139. The molecule has 0 unspecified atom stereocenters. The van der Waals surface area contributed by atoms with E-state index in [0.717, 1.165) is 36.8 Å². The second-order valence-corrected chi connectivity index (χ2v) is 11.4. The first-order valence-corrected chi connectivity index (χ1v) is 14.7. The first-order chi connectivity index (χ1) is 18.4. The Labute approximate surface area is 237 Å². The highest BCUT2D eigenvalue weighted by atomic mass is 35.5. The maximum atomic E-state index is 14.7. The van der Waals surface area contributed by atoms with Gasteiger partial charge in [-0.1, -0.05) is 90.6 Å². The van der Waals surface area contributed by atoms with Gasteiger partial charge in [0, 0.05) is 40.4 Å². The summed E-state index contributed by atoms with van der Waals surface area (Å²) in [5, 5.41) is 4.26. The Morgan fingerprint density at radius 2 is 1.68 bits per heavy atom. The van der Waals surface area contributed by atoms with Crippen LogP contribution in [0.3, 0.4) is 0 Å². The molecular weight excluding hydrogens is 542 g/mol. The molecule has 1 N–H and O–H groups in total. The molecule has 0 bridgehead atoms. The van der Waals surface area contributed by atoms with E-state index in [2.05, 4.69) is 5.32 Å². The molecule has 3 aromatic carbocycles. The van der Waals surface area contributed by atoms with E-state index in [-0.39, 0.29) is 30.2 Å². The maximum Gasteiger partial charge on any atom is 0.243 e.